The Morgan fingerprint density at radius 3 is 0.857 bits per heavy atom. The topological polar surface area (TPSA) is 17.1 Å². The summed E-state index contributed by atoms with van der Waals surface area (Å²) in [6, 6.07) is 0. The van der Waals surface area contributed by atoms with E-state index < -0.39 is 90.6 Å². The van der Waals surface area contributed by atoms with Gasteiger partial charge in [-0.3, -0.25) is 4.21 Å². The van der Waals surface area contributed by atoms with Crippen molar-refractivity contribution in [2.45, 2.75) is 24.3 Å². The molecule has 28 heavy (non-hydrogen) atoms. The molecule has 12 heteroatoms. The highest BCUT2D eigenvalue weighted by atomic mass is 32.2. The number of rotatable bonds is 4. The van der Waals surface area contributed by atoms with E-state index in [1.54, 1.807) is 0 Å². The van der Waals surface area contributed by atoms with E-state index in [1.807, 2.05) is 0 Å². The Balaban J connectivity index is 2.60. The fourth-order valence-corrected chi connectivity index (χ4v) is 3.99. The van der Waals surface area contributed by atoms with Gasteiger partial charge in [-0.15, -0.1) is 0 Å². The standard InChI is InChI=1S/C16H8F10OS/c1-3(5-7(17)11(21)15(25)12(22)8(5)18)28(27)4(2)6-9(19)13(23)16(26)14(24)10(6)20/h3-4H,1-2H3. The molecule has 0 aromatic heterocycles. The maximum atomic E-state index is 13.8. The average molecular weight is 438 g/mol. The Hall–Kier alpha value is -2.11. The van der Waals surface area contributed by atoms with Crippen molar-refractivity contribution in [3.8, 4) is 0 Å². The van der Waals surface area contributed by atoms with Crippen LogP contribution in [0.3, 0.4) is 0 Å². The summed E-state index contributed by atoms with van der Waals surface area (Å²) >= 11 is 0. The lowest BCUT2D eigenvalue weighted by molar-refractivity contribution is 0.368. The van der Waals surface area contributed by atoms with Gasteiger partial charge in [-0.25, -0.2) is 43.9 Å². The zero-order chi connectivity index (χ0) is 21.7. The molecule has 1 nitrogen and oxygen atoms in total. The molecular formula is C16H8F10OS. The highest BCUT2D eigenvalue weighted by Gasteiger charge is 2.36. The van der Waals surface area contributed by atoms with Crippen LogP contribution >= 0.6 is 0 Å². The number of hydrogen-bond acceptors (Lipinski definition) is 1. The van der Waals surface area contributed by atoms with Gasteiger partial charge in [0, 0.05) is 21.9 Å². The van der Waals surface area contributed by atoms with Crippen molar-refractivity contribution in [1.29, 1.82) is 0 Å². The molecule has 0 heterocycles. The van der Waals surface area contributed by atoms with Crippen molar-refractivity contribution in [2.24, 2.45) is 0 Å². The predicted molar refractivity (Wildman–Crippen MR) is 77.4 cm³/mol. The van der Waals surface area contributed by atoms with Crippen molar-refractivity contribution in [3.05, 3.63) is 69.3 Å². The van der Waals surface area contributed by atoms with Crippen LogP contribution in [0.4, 0.5) is 43.9 Å². The minimum absolute atomic E-state index is 0.705. The van der Waals surface area contributed by atoms with Gasteiger partial charge < -0.3 is 0 Å². The molecule has 0 spiro atoms. The molecule has 0 saturated carbocycles. The molecule has 0 aliphatic heterocycles. The van der Waals surface area contributed by atoms with E-state index in [0.29, 0.717) is 13.8 Å². The van der Waals surface area contributed by atoms with Gasteiger partial charge in [-0.2, -0.15) is 0 Å². The quantitative estimate of drug-likeness (QED) is 0.343. The number of hydrogen-bond donors (Lipinski definition) is 0. The van der Waals surface area contributed by atoms with Gasteiger partial charge in [0.05, 0.1) is 10.5 Å². The van der Waals surface area contributed by atoms with Crippen LogP contribution in [0.2, 0.25) is 0 Å². The summed E-state index contributed by atoms with van der Waals surface area (Å²) in [6.07, 6.45) is 0. The Bertz CT molecular complexity index is 855. The lowest BCUT2D eigenvalue weighted by Crippen LogP contribution is -2.19. The van der Waals surface area contributed by atoms with E-state index in [1.165, 1.54) is 0 Å². The zero-order valence-electron chi connectivity index (χ0n) is 13.8. The first-order valence-corrected chi connectivity index (χ1v) is 8.54. The van der Waals surface area contributed by atoms with Crippen molar-refractivity contribution in [2.75, 3.05) is 0 Å². The summed E-state index contributed by atoms with van der Waals surface area (Å²) in [5.41, 5.74) is -3.10. The van der Waals surface area contributed by atoms with E-state index in [9.17, 15) is 48.1 Å². The van der Waals surface area contributed by atoms with Gasteiger partial charge in [0.1, 0.15) is 0 Å². The van der Waals surface area contributed by atoms with Crippen molar-refractivity contribution >= 4 is 10.8 Å². The van der Waals surface area contributed by atoms with E-state index in [4.69, 9.17) is 0 Å². The van der Waals surface area contributed by atoms with Crippen LogP contribution in [-0.2, 0) is 10.8 Å². The summed E-state index contributed by atoms with van der Waals surface area (Å²) in [5, 5.41) is -4.12. The normalized spacial score (nSPS) is 14.9. The first kappa shape index (κ1) is 22.2. The van der Waals surface area contributed by atoms with Crippen LogP contribution < -0.4 is 0 Å². The molecule has 2 aromatic carbocycles. The number of benzene rings is 2. The number of halogens is 10. The largest absolute Gasteiger partial charge is 0.258 e. The van der Waals surface area contributed by atoms with Crippen molar-refractivity contribution < 1.29 is 48.1 Å². The molecule has 154 valence electrons. The third kappa shape index (κ3) is 3.27. The van der Waals surface area contributed by atoms with Gasteiger partial charge in [-0.1, -0.05) is 0 Å². The predicted octanol–water partition coefficient (Wildman–Crippen LogP) is 5.65. The Morgan fingerprint density at radius 1 is 0.464 bits per heavy atom. The lowest BCUT2D eigenvalue weighted by atomic mass is 10.1. The molecule has 0 aliphatic rings. The summed E-state index contributed by atoms with van der Waals surface area (Å²) in [4.78, 5) is 0. The maximum absolute atomic E-state index is 13.8. The molecule has 0 N–H and O–H groups in total. The lowest BCUT2D eigenvalue weighted by Gasteiger charge is -2.21. The molecule has 2 aromatic rings. The Labute approximate surface area is 153 Å². The first-order chi connectivity index (χ1) is 12.8. The minimum Gasteiger partial charge on any atom is -0.258 e. The van der Waals surface area contributed by atoms with Gasteiger partial charge in [0.25, 0.3) is 0 Å². The summed E-state index contributed by atoms with van der Waals surface area (Å²) in [5.74, 6) is -23.7. The third-order valence-electron chi connectivity index (χ3n) is 4.00. The molecule has 0 aliphatic carbocycles. The summed E-state index contributed by atoms with van der Waals surface area (Å²) < 4.78 is 147. The van der Waals surface area contributed by atoms with Gasteiger partial charge in [-0.05, 0) is 13.8 Å². The van der Waals surface area contributed by atoms with Crippen LogP contribution in [0, 0.1) is 58.2 Å². The van der Waals surface area contributed by atoms with Crippen LogP contribution in [0.25, 0.3) is 0 Å². The monoisotopic (exact) mass is 438 g/mol. The van der Waals surface area contributed by atoms with Gasteiger partial charge >= 0.3 is 0 Å². The van der Waals surface area contributed by atoms with E-state index >= 15 is 0 Å². The van der Waals surface area contributed by atoms with Crippen LogP contribution in [0.15, 0.2) is 0 Å². The van der Waals surface area contributed by atoms with E-state index in [0.717, 1.165) is 0 Å². The van der Waals surface area contributed by atoms with E-state index in [2.05, 4.69) is 0 Å². The fraction of sp³-hybridized carbons (Fsp3) is 0.250. The highest BCUT2D eigenvalue weighted by Crippen LogP contribution is 2.38. The molecule has 0 amide bonds. The van der Waals surface area contributed by atoms with E-state index in [-0.39, 0.29) is 0 Å². The second-order valence-corrected chi connectivity index (χ2v) is 7.65. The fourth-order valence-electron chi connectivity index (χ4n) is 2.50. The molecule has 0 radical (unpaired) electrons. The molecule has 0 bridgehead atoms. The minimum atomic E-state index is -2.87. The average Bonchev–Trinajstić information content (AvgIpc) is 2.67. The van der Waals surface area contributed by atoms with Crippen LogP contribution in [0.5, 0.6) is 0 Å². The summed E-state index contributed by atoms with van der Waals surface area (Å²) in [6.45, 7) is 1.41. The molecular weight excluding hydrogens is 430 g/mol. The van der Waals surface area contributed by atoms with Crippen LogP contribution in [-0.4, -0.2) is 4.21 Å². The highest BCUT2D eigenvalue weighted by molar-refractivity contribution is 7.85. The van der Waals surface area contributed by atoms with Gasteiger partial charge in [0.15, 0.2) is 46.5 Å². The molecule has 2 rings (SSSR count). The molecule has 2 atom stereocenters. The SMILES string of the molecule is CC(c1c(F)c(F)c(F)c(F)c1F)S(=O)C(C)c1c(F)c(F)c(F)c(F)c1F. The third-order valence-corrected chi connectivity index (χ3v) is 5.86. The van der Waals surface area contributed by atoms with Gasteiger partial charge in [0.2, 0.25) is 11.6 Å². The van der Waals surface area contributed by atoms with Crippen molar-refractivity contribution in [1.82, 2.24) is 0 Å². The zero-order valence-corrected chi connectivity index (χ0v) is 14.6. The second-order valence-electron chi connectivity index (χ2n) is 5.58. The summed E-state index contributed by atoms with van der Waals surface area (Å²) in [7, 11) is -2.87. The van der Waals surface area contributed by atoms with Crippen LogP contribution in [0.1, 0.15) is 35.5 Å². The maximum Gasteiger partial charge on any atom is 0.200 e. The second kappa shape index (κ2) is 7.72. The molecule has 0 fully saturated rings. The first-order valence-electron chi connectivity index (χ1n) is 7.26. The van der Waals surface area contributed by atoms with Crippen molar-refractivity contribution in [3.63, 3.8) is 0 Å². The Morgan fingerprint density at radius 2 is 0.643 bits per heavy atom. The molecule has 0 saturated heterocycles. The molecule has 2 unspecified atom stereocenters. The smallest absolute Gasteiger partial charge is 0.200 e. The Kier molecular flexibility index (Phi) is 6.12.